The van der Waals surface area contributed by atoms with Crippen molar-refractivity contribution in [2.24, 2.45) is 0 Å². The average molecular weight is 349 g/mol. The first-order valence-electron chi connectivity index (χ1n) is 7.17. The molecule has 2 aromatic rings. The maximum atomic E-state index is 12.6. The van der Waals surface area contributed by atoms with Crippen LogP contribution in [0.4, 0.5) is 0 Å². The smallest absolute Gasteiger partial charge is 0.337 e. The largest absolute Gasteiger partial charge is 0.468 e. The van der Waals surface area contributed by atoms with Gasteiger partial charge in [0.15, 0.2) is 0 Å². The number of sulfonamides is 1. The molecule has 0 saturated heterocycles. The summed E-state index contributed by atoms with van der Waals surface area (Å²) in [6, 6.07) is 14.8. The SMILES string of the molecule is COC(=O)c1cccc(OC(c2ccccc2)S(=O)(=O)N(C)C)c1. The van der Waals surface area contributed by atoms with Gasteiger partial charge in [0.25, 0.3) is 10.0 Å². The molecule has 0 aliphatic heterocycles. The van der Waals surface area contributed by atoms with E-state index in [1.165, 1.54) is 27.3 Å². The molecule has 1 unspecified atom stereocenters. The van der Waals surface area contributed by atoms with Crippen LogP contribution in [0.2, 0.25) is 0 Å². The Kier molecular flexibility index (Phi) is 5.58. The topological polar surface area (TPSA) is 72.9 Å². The van der Waals surface area contributed by atoms with Gasteiger partial charge in [0.1, 0.15) is 5.75 Å². The van der Waals surface area contributed by atoms with Crippen molar-refractivity contribution >= 4 is 16.0 Å². The van der Waals surface area contributed by atoms with Crippen LogP contribution in [0.25, 0.3) is 0 Å². The molecule has 0 aliphatic carbocycles. The molecule has 0 aromatic heterocycles. The van der Waals surface area contributed by atoms with Gasteiger partial charge in [0.05, 0.1) is 12.7 Å². The number of hydrogen-bond acceptors (Lipinski definition) is 5. The molecule has 0 radical (unpaired) electrons. The van der Waals surface area contributed by atoms with Gasteiger partial charge >= 0.3 is 5.97 Å². The summed E-state index contributed by atoms with van der Waals surface area (Å²) in [6.07, 6.45) is 0. The molecule has 0 heterocycles. The minimum atomic E-state index is -3.73. The van der Waals surface area contributed by atoms with Gasteiger partial charge in [0.2, 0.25) is 5.44 Å². The Morgan fingerprint density at radius 2 is 1.71 bits per heavy atom. The first kappa shape index (κ1) is 18.0. The third-order valence-electron chi connectivity index (χ3n) is 3.35. The molecule has 2 aromatic carbocycles. The number of benzene rings is 2. The van der Waals surface area contributed by atoms with Crippen LogP contribution >= 0.6 is 0 Å². The van der Waals surface area contributed by atoms with Crippen molar-refractivity contribution in [1.29, 1.82) is 0 Å². The number of hydrogen-bond donors (Lipinski definition) is 0. The molecule has 128 valence electrons. The lowest BCUT2D eigenvalue weighted by atomic mass is 10.2. The van der Waals surface area contributed by atoms with Crippen LogP contribution in [-0.2, 0) is 14.8 Å². The van der Waals surface area contributed by atoms with Crippen LogP contribution in [0.1, 0.15) is 21.4 Å². The zero-order valence-electron chi connectivity index (χ0n) is 13.7. The minimum Gasteiger partial charge on any atom is -0.468 e. The molecule has 0 amide bonds. The lowest BCUT2D eigenvalue weighted by molar-refractivity contribution is 0.0600. The molecule has 1 atom stereocenters. The molecule has 0 saturated carbocycles. The molecule has 0 spiro atoms. The van der Waals surface area contributed by atoms with Crippen molar-refractivity contribution in [3.8, 4) is 5.75 Å². The fraction of sp³-hybridized carbons (Fsp3) is 0.235. The molecular formula is C17H19NO5S. The number of carbonyl (C=O) groups excluding carboxylic acids is 1. The summed E-state index contributed by atoms with van der Waals surface area (Å²) in [6.45, 7) is 0. The Morgan fingerprint density at radius 1 is 1.04 bits per heavy atom. The van der Waals surface area contributed by atoms with E-state index >= 15 is 0 Å². The quantitative estimate of drug-likeness (QED) is 0.749. The van der Waals surface area contributed by atoms with Crippen molar-refractivity contribution in [2.45, 2.75) is 5.44 Å². The van der Waals surface area contributed by atoms with Crippen LogP contribution in [-0.4, -0.2) is 39.9 Å². The normalized spacial score (nSPS) is 12.7. The van der Waals surface area contributed by atoms with Gasteiger partial charge < -0.3 is 9.47 Å². The Labute approximate surface area is 141 Å². The minimum absolute atomic E-state index is 0.261. The number of nitrogens with zero attached hydrogens (tertiary/aromatic N) is 1. The Morgan fingerprint density at radius 3 is 2.29 bits per heavy atom. The first-order chi connectivity index (χ1) is 11.4. The van der Waals surface area contributed by atoms with Crippen LogP contribution in [0.5, 0.6) is 5.75 Å². The van der Waals surface area contributed by atoms with Gasteiger partial charge in [-0.25, -0.2) is 17.5 Å². The van der Waals surface area contributed by atoms with E-state index < -0.39 is 21.4 Å². The molecule has 0 aliphatic rings. The molecule has 24 heavy (non-hydrogen) atoms. The summed E-state index contributed by atoms with van der Waals surface area (Å²) in [5.74, 6) is -0.260. The van der Waals surface area contributed by atoms with Crippen molar-refractivity contribution < 1.29 is 22.7 Å². The van der Waals surface area contributed by atoms with E-state index in [1.54, 1.807) is 48.5 Å². The third kappa shape index (κ3) is 3.93. The third-order valence-corrected chi connectivity index (χ3v) is 5.28. The van der Waals surface area contributed by atoms with E-state index in [1.807, 2.05) is 0 Å². The Bertz CT molecular complexity index is 803. The summed E-state index contributed by atoms with van der Waals surface area (Å²) in [5, 5.41) is 0. The summed E-state index contributed by atoms with van der Waals surface area (Å²) in [5.41, 5.74) is -0.444. The fourth-order valence-electron chi connectivity index (χ4n) is 2.04. The molecule has 6 nitrogen and oxygen atoms in total. The summed E-state index contributed by atoms with van der Waals surface area (Å²) < 4.78 is 36.7. The zero-order valence-corrected chi connectivity index (χ0v) is 14.5. The van der Waals surface area contributed by atoms with Gasteiger partial charge in [-0.3, -0.25) is 0 Å². The second-order valence-corrected chi connectivity index (χ2v) is 7.40. The monoisotopic (exact) mass is 349 g/mol. The highest BCUT2D eigenvalue weighted by Gasteiger charge is 2.31. The highest BCUT2D eigenvalue weighted by molar-refractivity contribution is 7.89. The predicted octanol–water partition coefficient (Wildman–Crippen LogP) is 2.44. The standard InChI is InChI=1S/C17H19NO5S/c1-18(2)24(20,21)17(13-8-5-4-6-9-13)23-15-11-7-10-14(12-15)16(19)22-3/h4-12,17H,1-3H3. The van der Waals surface area contributed by atoms with Crippen molar-refractivity contribution in [3.05, 3.63) is 65.7 Å². The maximum Gasteiger partial charge on any atom is 0.337 e. The second kappa shape index (κ2) is 7.46. The van der Waals surface area contributed by atoms with Gasteiger partial charge in [-0.05, 0) is 18.2 Å². The molecular weight excluding hydrogens is 330 g/mol. The first-order valence-corrected chi connectivity index (χ1v) is 8.68. The number of carbonyl (C=O) groups is 1. The Balaban J connectivity index is 2.42. The van der Waals surface area contributed by atoms with Gasteiger partial charge in [-0.15, -0.1) is 0 Å². The molecule has 7 heteroatoms. The lowest BCUT2D eigenvalue weighted by Crippen LogP contribution is -2.31. The Hall–Kier alpha value is -2.38. The summed E-state index contributed by atoms with van der Waals surface area (Å²) in [7, 11) is 0.431. The predicted molar refractivity (Wildman–Crippen MR) is 90.2 cm³/mol. The van der Waals surface area contributed by atoms with E-state index in [0.717, 1.165) is 4.31 Å². The van der Waals surface area contributed by atoms with Crippen molar-refractivity contribution in [2.75, 3.05) is 21.2 Å². The highest BCUT2D eigenvalue weighted by Crippen LogP contribution is 2.28. The van der Waals surface area contributed by atoms with Gasteiger partial charge in [-0.1, -0.05) is 36.4 Å². The average Bonchev–Trinajstić information content (AvgIpc) is 2.59. The van der Waals surface area contributed by atoms with Crippen LogP contribution in [0.15, 0.2) is 54.6 Å². The van der Waals surface area contributed by atoms with Crippen molar-refractivity contribution in [3.63, 3.8) is 0 Å². The highest BCUT2D eigenvalue weighted by atomic mass is 32.2. The number of esters is 1. The van der Waals surface area contributed by atoms with E-state index in [4.69, 9.17) is 4.74 Å². The van der Waals surface area contributed by atoms with Crippen molar-refractivity contribution in [1.82, 2.24) is 4.31 Å². The molecule has 0 N–H and O–H groups in total. The summed E-state index contributed by atoms with van der Waals surface area (Å²) >= 11 is 0. The number of rotatable bonds is 6. The molecule has 0 fully saturated rings. The fourth-order valence-corrected chi connectivity index (χ4v) is 3.16. The van der Waals surface area contributed by atoms with E-state index in [9.17, 15) is 13.2 Å². The number of ether oxygens (including phenoxy) is 2. The second-order valence-electron chi connectivity index (χ2n) is 5.21. The van der Waals surface area contributed by atoms with E-state index in [-0.39, 0.29) is 11.3 Å². The van der Waals surface area contributed by atoms with E-state index in [2.05, 4.69) is 4.74 Å². The summed E-state index contributed by atoms with van der Waals surface area (Å²) in [4.78, 5) is 11.6. The molecule has 2 rings (SSSR count). The lowest BCUT2D eigenvalue weighted by Gasteiger charge is -2.23. The van der Waals surface area contributed by atoms with Crippen LogP contribution in [0.3, 0.4) is 0 Å². The zero-order chi connectivity index (χ0) is 17.7. The van der Waals surface area contributed by atoms with Gasteiger partial charge in [0, 0.05) is 19.7 Å². The van der Waals surface area contributed by atoms with Crippen LogP contribution in [0, 0.1) is 0 Å². The molecule has 0 bridgehead atoms. The number of methoxy groups -OCH3 is 1. The van der Waals surface area contributed by atoms with Gasteiger partial charge in [-0.2, -0.15) is 0 Å². The van der Waals surface area contributed by atoms with E-state index in [0.29, 0.717) is 5.56 Å². The van der Waals surface area contributed by atoms with Crippen LogP contribution < -0.4 is 4.74 Å². The maximum absolute atomic E-state index is 12.6.